The number of fused-ring (bicyclic) bond motifs is 1. The summed E-state index contributed by atoms with van der Waals surface area (Å²) < 4.78 is 15.8. The molecule has 0 aliphatic carbocycles. The number of aliphatic hydroxyl groups is 1. The van der Waals surface area contributed by atoms with Crippen molar-refractivity contribution in [3.63, 3.8) is 0 Å². The number of hydrogen-bond donors (Lipinski definition) is 2. The highest BCUT2D eigenvalue weighted by atomic mass is 32.2. The minimum Gasteiger partial charge on any atom is -0.390 e. The molecule has 0 radical (unpaired) electrons. The minimum absolute atomic E-state index is 0.132. The van der Waals surface area contributed by atoms with Gasteiger partial charge in [-0.25, -0.2) is 19.6 Å². The predicted octanol–water partition coefficient (Wildman–Crippen LogP) is 3.78. The van der Waals surface area contributed by atoms with E-state index in [0.29, 0.717) is 35.1 Å². The van der Waals surface area contributed by atoms with Gasteiger partial charge in [-0.2, -0.15) is 5.10 Å². The molecule has 0 unspecified atom stereocenters. The van der Waals surface area contributed by atoms with E-state index in [0.717, 1.165) is 35.0 Å². The molecule has 3 heterocycles. The van der Waals surface area contributed by atoms with E-state index >= 15 is 0 Å². The maximum Gasteiger partial charge on any atom is 0.588 e. The van der Waals surface area contributed by atoms with E-state index in [2.05, 4.69) is 33.6 Å². The maximum atomic E-state index is 11.2. The van der Waals surface area contributed by atoms with Gasteiger partial charge in [0.25, 0.3) is 0 Å². The van der Waals surface area contributed by atoms with Gasteiger partial charge in [0.1, 0.15) is 6.04 Å². The quantitative estimate of drug-likeness (QED) is 0.298. The van der Waals surface area contributed by atoms with E-state index in [1.54, 1.807) is 23.1 Å². The molecule has 0 bridgehead atoms. The molecule has 0 fully saturated rings. The van der Waals surface area contributed by atoms with Gasteiger partial charge in [0.15, 0.2) is 11.6 Å². The van der Waals surface area contributed by atoms with Crippen LogP contribution in [0.25, 0.3) is 28.1 Å². The van der Waals surface area contributed by atoms with Gasteiger partial charge < -0.3 is 5.11 Å². The Balaban J connectivity index is 1.71. The van der Waals surface area contributed by atoms with Crippen LogP contribution in [0.2, 0.25) is 0 Å². The first kappa shape index (κ1) is 22.1. The molecular weight excluding hydrogens is 424 g/mol. The van der Waals surface area contributed by atoms with Crippen LogP contribution in [0.4, 0.5) is 0 Å². The van der Waals surface area contributed by atoms with Crippen LogP contribution < -0.4 is 4.72 Å². The van der Waals surface area contributed by atoms with Crippen molar-refractivity contribution in [2.75, 3.05) is 0 Å². The molecule has 1 aromatic carbocycles. The zero-order valence-electron chi connectivity index (χ0n) is 18.0. The summed E-state index contributed by atoms with van der Waals surface area (Å²) in [7, 11) is 0. The van der Waals surface area contributed by atoms with Gasteiger partial charge in [-0.05, 0) is 47.7 Å². The average molecular weight is 450 g/mol. The van der Waals surface area contributed by atoms with Crippen molar-refractivity contribution in [3.05, 3.63) is 66.2 Å². The topological polar surface area (TPSA) is 106 Å². The van der Waals surface area contributed by atoms with Gasteiger partial charge in [-0.15, -0.1) is 0 Å². The lowest BCUT2D eigenvalue weighted by Crippen LogP contribution is -2.19. The van der Waals surface area contributed by atoms with E-state index in [1.807, 2.05) is 36.4 Å². The lowest BCUT2D eigenvalue weighted by Gasteiger charge is -2.12. The lowest BCUT2D eigenvalue weighted by atomic mass is 10.0. The van der Waals surface area contributed by atoms with Crippen molar-refractivity contribution < 1.29 is 9.32 Å². The fraction of sp³-hybridized carbons (Fsp3) is 0.304. The molecule has 8 nitrogen and oxygen atoms in total. The van der Waals surface area contributed by atoms with Crippen LogP contribution in [0, 0.1) is 5.92 Å². The fourth-order valence-corrected chi connectivity index (χ4v) is 3.90. The molecule has 0 aliphatic heterocycles. The lowest BCUT2D eigenvalue weighted by molar-refractivity contribution is 0.276. The Morgan fingerprint density at radius 3 is 2.78 bits per heavy atom. The smallest absolute Gasteiger partial charge is 0.390 e. The second-order valence-electron chi connectivity index (χ2n) is 8.01. The number of nitrogens with zero attached hydrogens (tertiary/aromatic N) is 5. The summed E-state index contributed by atoms with van der Waals surface area (Å²) in [6, 6.07) is 13.1. The van der Waals surface area contributed by atoms with Gasteiger partial charge in [0, 0.05) is 17.1 Å². The normalized spacial score (nSPS) is 12.4. The van der Waals surface area contributed by atoms with E-state index in [-0.39, 0.29) is 12.6 Å². The van der Waals surface area contributed by atoms with Crippen molar-refractivity contribution in [1.29, 1.82) is 0 Å². The van der Waals surface area contributed by atoms with Crippen LogP contribution in [0.1, 0.15) is 44.1 Å². The summed E-state index contributed by atoms with van der Waals surface area (Å²) >= 11 is 0.367. The Morgan fingerprint density at radius 2 is 2.00 bits per heavy atom. The third-order valence-corrected chi connectivity index (χ3v) is 5.64. The third-order valence-electron chi connectivity index (χ3n) is 5.26. The molecule has 9 heteroatoms. The highest BCUT2D eigenvalue weighted by Crippen LogP contribution is 2.26. The Hall–Kier alpha value is -3.14. The highest BCUT2D eigenvalue weighted by molar-refractivity contribution is 7.63. The molecule has 3 aromatic heterocycles. The van der Waals surface area contributed by atoms with Crippen LogP contribution >= 0.6 is 0 Å². The van der Waals surface area contributed by atoms with Crippen LogP contribution in [-0.4, -0.2) is 29.8 Å². The Kier molecular flexibility index (Phi) is 6.89. The Morgan fingerprint density at radius 1 is 1.12 bits per heavy atom. The minimum atomic E-state index is -0.138. The molecule has 0 aliphatic rings. The van der Waals surface area contributed by atoms with Gasteiger partial charge >= 0.3 is 11.9 Å². The summed E-state index contributed by atoms with van der Waals surface area (Å²) in [5.41, 5.74) is 3.08. The molecule has 0 saturated heterocycles. The van der Waals surface area contributed by atoms with E-state index in [1.165, 1.54) is 0 Å². The number of nitrogens with one attached hydrogen (secondary N) is 1. The van der Waals surface area contributed by atoms with Gasteiger partial charge in [-0.1, -0.05) is 32.0 Å². The molecule has 0 spiro atoms. The first-order valence-corrected chi connectivity index (χ1v) is 11.3. The second kappa shape index (κ2) is 9.99. The van der Waals surface area contributed by atoms with Crippen LogP contribution in [-0.2, 0) is 22.7 Å². The molecule has 0 saturated carbocycles. The predicted molar refractivity (Wildman–Crippen MR) is 124 cm³/mol. The van der Waals surface area contributed by atoms with Crippen molar-refractivity contribution in [2.24, 2.45) is 5.92 Å². The average Bonchev–Trinajstić information content (AvgIpc) is 3.25. The van der Waals surface area contributed by atoms with Crippen LogP contribution in [0.5, 0.6) is 0 Å². The van der Waals surface area contributed by atoms with Gasteiger partial charge in [0.05, 0.1) is 33.9 Å². The van der Waals surface area contributed by atoms with Crippen molar-refractivity contribution >= 4 is 22.8 Å². The first-order valence-electron chi connectivity index (χ1n) is 10.5. The van der Waals surface area contributed by atoms with E-state index in [9.17, 15) is 9.32 Å². The molecule has 164 valence electrons. The van der Waals surface area contributed by atoms with Gasteiger partial charge in [0.2, 0.25) is 0 Å². The molecule has 1 atom stereocenters. The van der Waals surface area contributed by atoms with Crippen LogP contribution in [0.3, 0.4) is 0 Å². The molecule has 4 rings (SSSR count). The monoisotopic (exact) mass is 449 g/mol. The third kappa shape index (κ3) is 4.85. The molecule has 4 aromatic rings. The zero-order chi connectivity index (χ0) is 22.5. The number of aliphatic hydroxyl groups excluding tert-OH is 1. The first-order chi connectivity index (χ1) is 15.6. The largest absolute Gasteiger partial charge is 0.588 e. The summed E-state index contributed by atoms with van der Waals surface area (Å²) in [6.45, 7) is 4.19. The second-order valence-corrected chi connectivity index (χ2v) is 8.41. The molecule has 32 heavy (non-hydrogen) atoms. The molecular formula is C23H25N6O2S+. The SMILES string of the molecule is CC(C)CC[C@@H](N[S+]=O)c1ccnc(-c2ccc3cnn(-c4cccc(CO)n4)c3c2)n1. The van der Waals surface area contributed by atoms with Gasteiger partial charge in [-0.3, -0.25) is 0 Å². The number of aromatic nitrogens is 5. The summed E-state index contributed by atoms with van der Waals surface area (Å²) in [6.07, 6.45) is 5.32. The fourth-order valence-electron chi connectivity index (χ4n) is 3.54. The Labute approximate surface area is 190 Å². The number of rotatable bonds is 9. The number of hydrogen-bond acceptors (Lipinski definition) is 6. The Bertz CT molecular complexity index is 1230. The summed E-state index contributed by atoms with van der Waals surface area (Å²) in [5, 5.41) is 14.8. The number of benzene rings is 1. The van der Waals surface area contributed by atoms with Crippen molar-refractivity contribution in [1.82, 2.24) is 29.5 Å². The van der Waals surface area contributed by atoms with E-state index < -0.39 is 0 Å². The summed E-state index contributed by atoms with van der Waals surface area (Å²) in [4.78, 5) is 13.7. The van der Waals surface area contributed by atoms with E-state index in [4.69, 9.17) is 4.98 Å². The van der Waals surface area contributed by atoms with Crippen molar-refractivity contribution in [2.45, 2.75) is 39.3 Å². The summed E-state index contributed by atoms with van der Waals surface area (Å²) in [5.74, 6) is 1.75. The highest BCUT2D eigenvalue weighted by Gasteiger charge is 2.20. The van der Waals surface area contributed by atoms with Crippen LogP contribution in [0.15, 0.2) is 54.9 Å². The standard InChI is InChI=1S/C23H25N6O2S/c1-15(2)6-9-20(28-32-31)19-10-11-24-23(27-19)16-7-8-17-13-25-29(21(17)12-16)22-5-3-4-18(14-30)26-22/h3-5,7-8,10-13,15,20,30H,6,9,14H2,1-2H3,(H,28,31)/q+1/t20-/m1/s1. The molecule has 2 N–H and O–H groups in total. The molecule has 0 amide bonds. The maximum absolute atomic E-state index is 11.2. The van der Waals surface area contributed by atoms with Crippen molar-refractivity contribution in [3.8, 4) is 17.2 Å². The number of pyridine rings is 1. The zero-order valence-corrected chi connectivity index (χ0v) is 18.8.